The number of aromatic carboxylic acids is 1. The van der Waals surface area contributed by atoms with Gasteiger partial charge in [-0.2, -0.15) is 0 Å². The average molecular weight is 242 g/mol. The number of benzene rings is 2. The highest BCUT2D eigenvalue weighted by atomic mass is 16.4. The van der Waals surface area contributed by atoms with E-state index in [2.05, 4.69) is 0 Å². The molecule has 0 amide bonds. The highest BCUT2D eigenvalue weighted by Crippen LogP contribution is 2.21. The molecule has 0 aliphatic rings. The van der Waals surface area contributed by atoms with Crippen molar-refractivity contribution >= 4 is 5.97 Å². The summed E-state index contributed by atoms with van der Waals surface area (Å²) < 4.78 is 0. The first-order chi connectivity index (χ1) is 8.68. The van der Waals surface area contributed by atoms with Gasteiger partial charge in [-0.1, -0.05) is 48.5 Å². The summed E-state index contributed by atoms with van der Waals surface area (Å²) in [5.74, 6) is -1.02. The van der Waals surface area contributed by atoms with E-state index in [4.69, 9.17) is 5.11 Å². The zero-order valence-electron chi connectivity index (χ0n) is 9.78. The van der Waals surface area contributed by atoms with Crippen LogP contribution in [0, 0.1) is 0 Å². The number of rotatable bonds is 4. The molecule has 1 atom stereocenters. The van der Waals surface area contributed by atoms with E-state index in [1.165, 1.54) is 6.07 Å². The zero-order valence-corrected chi connectivity index (χ0v) is 9.78. The van der Waals surface area contributed by atoms with Gasteiger partial charge in [0.1, 0.15) is 0 Å². The van der Waals surface area contributed by atoms with Crippen molar-refractivity contribution in [3.8, 4) is 0 Å². The Hall–Kier alpha value is -2.13. The summed E-state index contributed by atoms with van der Waals surface area (Å²) in [7, 11) is 0. The molecule has 0 aromatic heterocycles. The second-order valence-electron chi connectivity index (χ2n) is 4.10. The van der Waals surface area contributed by atoms with Crippen LogP contribution in [0.15, 0.2) is 54.6 Å². The summed E-state index contributed by atoms with van der Waals surface area (Å²) in [6, 6.07) is 16.1. The van der Waals surface area contributed by atoms with Gasteiger partial charge in [-0.3, -0.25) is 0 Å². The van der Waals surface area contributed by atoms with Gasteiger partial charge in [-0.05, 0) is 17.2 Å². The molecule has 2 N–H and O–H groups in total. The molecule has 92 valence electrons. The Balaban J connectivity index is 2.24. The molecule has 2 rings (SSSR count). The van der Waals surface area contributed by atoms with E-state index in [-0.39, 0.29) is 5.56 Å². The molecule has 2 aromatic rings. The first kappa shape index (κ1) is 12.3. The molecule has 0 saturated heterocycles. The molecule has 0 aliphatic carbocycles. The molecule has 18 heavy (non-hydrogen) atoms. The summed E-state index contributed by atoms with van der Waals surface area (Å²) in [5.41, 5.74) is 1.58. The predicted molar refractivity (Wildman–Crippen MR) is 68.5 cm³/mol. The number of carboxylic acids is 1. The predicted octanol–water partition coefficient (Wildman–Crippen LogP) is 2.66. The van der Waals surface area contributed by atoms with E-state index in [1.807, 2.05) is 30.3 Å². The van der Waals surface area contributed by atoms with E-state index >= 15 is 0 Å². The van der Waals surface area contributed by atoms with Crippen LogP contribution in [0.5, 0.6) is 0 Å². The van der Waals surface area contributed by atoms with Crippen LogP contribution in [-0.4, -0.2) is 16.2 Å². The molecule has 2 aromatic carbocycles. The largest absolute Gasteiger partial charge is 0.478 e. The topological polar surface area (TPSA) is 57.5 Å². The van der Waals surface area contributed by atoms with Crippen molar-refractivity contribution in [3.63, 3.8) is 0 Å². The Kier molecular flexibility index (Phi) is 3.75. The first-order valence-corrected chi connectivity index (χ1v) is 5.72. The van der Waals surface area contributed by atoms with Crippen molar-refractivity contribution in [1.29, 1.82) is 0 Å². The molecule has 3 nitrogen and oxygen atoms in total. The summed E-state index contributed by atoms with van der Waals surface area (Å²) in [5, 5.41) is 19.2. The van der Waals surface area contributed by atoms with E-state index < -0.39 is 12.1 Å². The third kappa shape index (κ3) is 2.76. The third-order valence-electron chi connectivity index (χ3n) is 2.82. The standard InChI is InChI=1S/C15H14O3/c16-14(10-11-6-2-1-3-7-11)12-8-4-5-9-13(12)15(17)18/h1-9,14,16H,10H2,(H,17,18). The molecule has 0 heterocycles. The monoisotopic (exact) mass is 242 g/mol. The third-order valence-corrected chi connectivity index (χ3v) is 2.82. The lowest BCUT2D eigenvalue weighted by Crippen LogP contribution is -2.09. The summed E-state index contributed by atoms with van der Waals surface area (Å²) in [6.07, 6.45) is -0.398. The second kappa shape index (κ2) is 5.47. The average Bonchev–Trinajstić information content (AvgIpc) is 2.40. The number of hydrogen-bond donors (Lipinski definition) is 2. The maximum absolute atomic E-state index is 11.1. The van der Waals surface area contributed by atoms with Gasteiger partial charge in [0.15, 0.2) is 0 Å². The van der Waals surface area contributed by atoms with Crippen molar-refractivity contribution in [1.82, 2.24) is 0 Å². The Morgan fingerprint density at radius 1 is 1.00 bits per heavy atom. The highest BCUT2D eigenvalue weighted by Gasteiger charge is 2.16. The van der Waals surface area contributed by atoms with Crippen molar-refractivity contribution in [2.45, 2.75) is 12.5 Å². The van der Waals surface area contributed by atoms with E-state index in [9.17, 15) is 9.90 Å². The Morgan fingerprint density at radius 3 is 2.28 bits per heavy atom. The Bertz CT molecular complexity index is 534. The normalized spacial score (nSPS) is 12.1. The van der Waals surface area contributed by atoms with Crippen LogP contribution in [0.25, 0.3) is 0 Å². The maximum atomic E-state index is 11.1. The van der Waals surface area contributed by atoms with Crippen LogP contribution < -0.4 is 0 Å². The van der Waals surface area contributed by atoms with Crippen molar-refractivity contribution in [3.05, 3.63) is 71.3 Å². The highest BCUT2D eigenvalue weighted by molar-refractivity contribution is 5.89. The van der Waals surface area contributed by atoms with Gasteiger partial charge in [0.25, 0.3) is 0 Å². The molecular weight excluding hydrogens is 228 g/mol. The van der Waals surface area contributed by atoms with Crippen LogP contribution in [0.2, 0.25) is 0 Å². The number of aliphatic hydroxyl groups is 1. The van der Waals surface area contributed by atoms with Gasteiger partial charge < -0.3 is 10.2 Å². The number of carbonyl (C=O) groups is 1. The molecule has 0 fully saturated rings. The fourth-order valence-corrected chi connectivity index (χ4v) is 1.93. The van der Waals surface area contributed by atoms with Crippen molar-refractivity contribution in [2.75, 3.05) is 0 Å². The Morgan fingerprint density at radius 2 is 1.61 bits per heavy atom. The smallest absolute Gasteiger partial charge is 0.336 e. The molecule has 0 bridgehead atoms. The first-order valence-electron chi connectivity index (χ1n) is 5.72. The van der Waals surface area contributed by atoms with Crippen LogP contribution >= 0.6 is 0 Å². The second-order valence-corrected chi connectivity index (χ2v) is 4.10. The van der Waals surface area contributed by atoms with Crippen molar-refractivity contribution in [2.24, 2.45) is 0 Å². The van der Waals surface area contributed by atoms with Crippen LogP contribution in [0.3, 0.4) is 0 Å². The van der Waals surface area contributed by atoms with Crippen LogP contribution in [-0.2, 0) is 6.42 Å². The minimum Gasteiger partial charge on any atom is -0.478 e. The summed E-state index contributed by atoms with van der Waals surface area (Å²) in [6.45, 7) is 0. The lowest BCUT2D eigenvalue weighted by atomic mass is 9.97. The van der Waals surface area contributed by atoms with Gasteiger partial charge in [-0.15, -0.1) is 0 Å². The van der Waals surface area contributed by atoms with Crippen LogP contribution in [0.1, 0.15) is 27.6 Å². The van der Waals surface area contributed by atoms with Gasteiger partial charge in [-0.25, -0.2) is 4.79 Å². The minimum absolute atomic E-state index is 0.154. The number of carboxylic acid groups (broad SMARTS) is 1. The fraction of sp³-hybridized carbons (Fsp3) is 0.133. The van der Waals surface area contributed by atoms with E-state index in [0.717, 1.165) is 5.56 Å². The Labute approximate surface area is 105 Å². The zero-order chi connectivity index (χ0) is 13.0. The van der Waals surface area contributed by atoms with Gasteiger partial charge in [0.05, 0.1) is 11.7 Å². The lowest BCUT2D eigenvalue weighted by Gasteiger charge is -2.13. The molecule has 3 heteroatoms. The van der Waals surface area contributed by atoms with Gasteiger partial charge in [0.2, 0.25) is 0 Å². The summed E-state index contributed by atoms with van der Waals surface area (Å²) >= 11 is 0. The maximum Gasteiger partial charge on any atom is 0.336 e. The molecule has 0 saturated carbocycles. The number of hydrogen-bond acceptors (Lipinski definition) is 2. The minimum atomic E-state index is -1.02. The molecule has 0 aliphatic heterocycles. The molecule has 1 unspecified atom stereocenters. The van der Waals surface area contributed by atoms with Gasteiger partial charge in [0, 0.05) is 6.42 Å². The van der Waals surface area contributed by atoms with Crippen molar-refractivity contribution < 1.29 is 15.0 Å². The van der Waals surface area contributed by atoms with Crippen LogP contribution in [0.4, 0.5) is 0 Å². The fourth-order valence-electron chi connectivity index (χ4n) is 1.93. The number of aliphatic hydroxyl groups excluding tert-OH is 1. The van der Waals surface area contributed by atoms with E-state index in [0.29, 0.717) is 12.0 Å². The SMILES string of the molecule is O=C(O)c1ccccc1C(O)Cc1ccccc1. The molecular formula is C15H14O3. The molecule has 0 radical (unpaired) electrons. The lowest BCUT2D eigenvalue weighted by molar-refractivity contribution is 0.0689. The quantitative estimate of drug-likeness (QED) is 0.866. The molecule has 0 spiro atoms. The van der Waals surface area contributed by atoms with Gasteiger partial charge >= 0.3 is 5.97 Å². The van der Waals surface area contributed by atoms with E-state index in [1.54, 1.807) is 18.2 Å². The summed E-state index contributed by atoms with van der Waals surface area (Å²) in [4.78, 5) is 11.1.